The van der Waals surface area contributed by atoms with Crippen molar-refractivity contribution in [1.29, 1.82) is 0 Å². The van der Waals surface area contributed by atoms with Crippen LogP contribution in [0.1, 0.15) is 44.5 Å². The van der Waals surface area contributed by atoms with Crippen molar-refractivity contribution in [2.24, 2.45) is 0 Å². The van der Waals surface area contributed by atoms with Crippen molar-refractivity contribution in [3.63, 3.8) is 0 Å². The smallest absolute Gasteiger partial charge is 0.00141 e. The number of fused-ring (bicyclic) bond motifs is 8. The van der Waals surface area contributed by atoms with E-state index in [1.807, 2.05) is 0 Å². The standard InChI is InChI=1S/2C68H46/c1-2-17-53(18-3-1)62-31-14-32-65-66(56-41-37-49(38-42-56)58-25-10-15-47(45-58)33-35-54-23-12-21-51-19-4-6-27-60(51)54)63-29-8-9-30-64(63)67(68(62)65)57-43-39-50(40-44-57)59-26-11-16-48(46-59)34-36-55-24-13-22-52-20-5-7-28-61(52)55;1-2-17-55(18-3-1)62-25-12-26-65-66(56-39-35-53(36-40-56)60-21-10-13-47(43-60)27-29-49-31-33-51-15-4-6-19-58(51)45-49)63-23-8-9-24-64(63)67(68(62)65)57-41-37-54(38-42-57)61-22-11-14-48(44-61)28-30-50-32-34-52-16-5-7-20-59(52)46-50/h2*1-46H/b35-33+,36-34+;29-27+,30-28+. The van der Waals surface area contributed by atoms with Crippen molar-refractivity contribution in [1.82, 2.24) is 0 Å². The molecule has 0 aromatic heterocycles. The van der Waals surface area contributed by atoms with Crippen LogP contribution >= 0.6 is 0 Å². The van der Waals surface area contributed by atoms with Crippen molar-refractivity contribution < 1.29 is 0 Å². The van der Waals surface area contributed by atoms with Crippen molar-refractivity contribution in [2.75, 3.05) is 0 Å². The highest BCUT2D eigenvalue weighted by Crippen LogP contribution is 2.51. The van der Waals surface area contributed by atoms with Crippen LogP contribution in [0.15, 0.2) is 510 Å². The zero-order chi connectivity index (χ0) is 90.5. The lowest BCUT2D eigenvalue weighted by Gasteiger charge is -2.20. The number of benzene rings is 24. The Bertz CT molecular complexity index is 8760. The maximum atomic E-state index is 2.32. The van der Waals surface area contributed by atoms with Crippen LogP contribution in [0, 0.1) is 0 Å². The van der Waals surface area contributed by atoms with Gasteiger partial charge in [0.2, 0.25) is 0 Å². The summed E-state index contributed by atoms with van der Waals surface area (Å²) in [7, 11) is 0. The van der Waals surface area contributed by atoms with Crippen LogP contribution in [0.4, 0.5) is 0 Å². The predicted molar refractivity (Wildman–Crippen MR) is 589 cm³/mol. The van der Waals surface area contributed by atoms with E-state index in [4.69, 9.17) is 0 Å². The van der Waals surface area contributed by atoms with Gasteiger partial charge in [-0.3, -0.25) is 0 Å². The van der Waals surface area contributed by atoms with E-state index in [1.165, 1.54) is 242 Å². The van der Waals surface area contributed by atoms with Crippen molar-refractivity contribution in [3.8, 4) is 111 Å². The summed E-state index contributed by atoms with van der Waals surface area (Å²) in [4.78, 5) is 0. The summed E-state index contributed by atoms with van der Waals surface area (Å²) in [6.45, 7) is 0. The molecule has 0 heteroatoms. The van der Waals surface area contributed by atoms with E-state index >= 15 is 0 Å². The maximum Gasteiger partial charge on any atom is -0.00141 e. The fourth-order valence-electron chi connectivity index (χ4n) is 20.2. The van der Waals surface area contributed by atoms with Gasteiger partial charge in [0.15, 0.2) is 0 Å². The Morgan fingerprint density at radius 1 is 0.110 bits per heavy atom. The molecule has 24 aromatic rings. The average molecular weight is 1730 g/mol. The van der Waals surface area contributed by atoms with Crippen LogP contribution in [0.2, 0.25) is 0 Å². The van der Waals surface area contributed by atoms with Crippen molar-refractivity contribution in [2.45, 2.75) is 0 Å². The summed E-state index contributed by atoms with van der Waals surface area (Å²) in [6.07, 6.45) is 17.8. The normalized spacial score (nSPS) is 11.7. The molecule has 0 saturated heterocycles. The van der Waals surface area contributed by atoms with Gasteiger partial charge in [-0.15, -0.1) is 0 Å². The molecule has 0 N–H and O–H groups in total. The SMILES string of the molecule is C(=C\c1ccc2ccccc2c1)/c1cccc(-c2ccc(-c3c4ccccc4c(-c4ccc(-c5cccc(/C=C/c6ccc7ccccc7c6)c5)cc4)c4c(-c5ccccc5)cccc34)cc2)c1.C(=C\c1cccc2ccccc12)/c1cccc(-c2ccc(-c3c4ccccc4c(-c4ccc(-c5cccc(/C=C/c6cccc7ccccc67)c5)cc4)c4c(-c5ccccc5)cccc34)cc2)c1. The topological polar surface area (TPSA) is 0 Å². The first-order chi connectivity index (χ1) is 67.4. The molecule has 0 nitrogen and oxygen atoms in total. The van der Waals surface area contributed by atoms with Crippen molar-refractivity contribution in [3.05, 3.63) is 554 Å². The number of rotatable bonds is 18. The Hall–Kier alpha value is -17.7. The van der Waals surface area contributed by atoms with Crippen LogP contribution < -0.4 is 0 Å². The van der Waals surface area contributed by atoms with E-state index in [9.17, 15) is 0 Å². The highest BCUT2D eigenvalue weighted by molar-refractivity contribution is 6.27. The molecule has 0 atom stereocenters. The zero-order valence-electron chi connectivity index (χ0n) is 75.1. The third-order valence-electron chi connectivity index (χ3n) is 26.9. The summed E-state index contributed by atoms with van der Waals surface area (Å²) in [5.41, 5.74) is 33.7. The van der Waals surface area contributed by atoms with Crippen LogP contribution in [-0.4, -0.2) is 0 Å². The first kappa shape index (κ1) is 82.7. The molecule has 0 unspecified atom stereocenters. The Morgan fingerprint density at radius 2 is 0.346 bits per heavy atom. The highest BCUT2D eigenvalue weighted by atomic mass is 14.3. The van der Waals surface area contributed by atoms with E-state index in [-0.39, 0.29) is 0 Å². The molecule has 136 heavy (non-hydrogen) atoms. The summed E-state index contributed by atoms with van der Waals surface area (Å²) in [5.74, 6) is 0. The van der Waals surface area contributed by atoms with E-state index in [1.54, 1.807) is 0 Å². The van der Waals surface area contributed by atoms with Crippen LogP contribution in [0.25, 0.3) is 246 Å². The quantitative estimate of drug-likeness (QED) is 0.0593. The van der Waals surface area contributed by atoms with Gasteiger partial charge in [0.05, 0.1) is 0 Å². The average Bonchev–Trinajstić information content (AvgIpc) is 0.725. The molecule has 0 saturated carbocycles. The van der Waals surface area contributed by atoms with E-state index in [2.05, 4.69) is 558 Å². The minimum atomic E-state index is 1.17. The van der Waals surface area contributed by atoms with E-state index in [0.717, 1.165) is 0 Å². The minimum Gasteiger partial charge on any atom is -0.0622 e. The van der Waals surface area contributed by atoms with Crippen molar-refractivity contribution >= 4 is 135 Å². The number of hydrogen-bond donors (Lipinski definition) is 0. The molecule has 24 rings (SSSR count). The lowest BCUT2D eigenvalue weighted by atomic mass is 9.82. The fraction of sp³-hybridized carbons (Fsp3) is 0. The molecule has 0 aliphatic heterocycles. The second-order valence-corrected chi connectivity index (χ2v) is 35.3. The predicted octanol–water partition coefficient (Wildman–Crippen LogP) is 38.0. The van der Waals surface area contributed by atoms with Gasteiger partial charge < -0.3 is 0 Å². The molecular weight excluding hydrogens is 1630 g/mol. The lowest BCUT2D eigenvalue weighted by molar-refractivity contribution is 1.58. The zero-order valence-corrected chi connectivity index (χ0v) is 75.1. The summed E-state index contributed by atoms with van der Waals surface area (Å²) < 4.78 is 0. The molecule has 0 bridgehead atoms. The molecule has 0 aliphatic rings. The Kier molecular flexibility index (Phi) is 22.7. The van der Waals surface area contributed by atoms with Crippen LogP contribution in [-0.2, 0) is 0 Å². The second kappa shape index (κ2) is 37.3. The van der Waals surface area contributed by atoms with Gasteiger partial charge in [0.1, 0.15) is 0 Å². The molecule has 636 valence electrons. The van der Waals surface area contributed by atoms with Gasteiger partial charge in [0.25, 0.3) is 0 Å². The van der Waals surface area contributed by atoms with E-state index < -0.39 is 0 Å². The largest absolute Gasteiger partial charge is 0.0622 e. The summed E-state index contributed by atoms with van der Waals surface area (Å²) in [6, 6.07) is 186. The van der Waals surface area contributed by atoms with Crippen LogP contribution in [0.5, 0.6) is 0 Å². The first-order valence-corrected chi connectivity index (χ1v) is 47.0. The summed E-state index contributed by atoms with van der Waals surface area (Å²) >= 11 is 0. The maximum absolute atomic E-state index is 2.32. The second-order valence-electron chi connectivity index (χ2n) is 35.3. The first-order valence-electron chi connectivity index (χ1n) is 47.0. The fourth-order valence-corrected chi connectivity index (χ4v) is 20.2. The Morgan fingerprint density at radius 3 is 0.691 bits per heavy atom. The molecule has 0 heterocycles. The summed E-state index contributed by atoms with van der Waals surface area (Å²) in [5, 5.41) is 20.0. The third-order valence-corrected chi connectivity index (χ3v) is 26.9. The van der Waals surface area contributed by atoms with Gasteiger partial charge in [-0.25, -0.2) is 0 Å². The molecule has 0 radical (unpaired) electrons. The molecule has 0 amide bonds. The van der Waals surface area contributed by atoms with Gasteiger partial charge in [-0.1, -0.05) is 522 Å². The molecule has 24 aromatic carbocycles. The lowest BCUT2D eigenvalue weighted by Crippen LogP contribution is -1.93. The molecule has 0 spiro atoms. The Balaban J connectivity index is 0.000000153. The number of hydrogen-bond acceptors (Lipinski definition) is 0. The Labute approximate surface area is 794 Å². The van der Waals surface area contributed by atoms with E-state index in [0.29, 0.717) is 0 Å². The minimum absolute atomic E-state index is 1.17. The molecular formula is C136H92. The van der Waals surface area contributed by atoms with Gasteiger partial charge in [0, 0.05) is 0 Å². The van der Waals surface area contributed by atoms with Crippen LogP contribution in [0.3, 0.4) is 0 Å². The third kappa shape index (κ3) is 16.9. The van der Waals surface area contributed by atoms with Gasteiger partial charge in [-0.2, -0.15) is 0 Å². The molecule has 0 aliphatic carbocycles. The molecule has 0 fully saturated rings. The van der Waals surface area contributed by atoms with Gasteiger partial charge in [-0.05, 0) is 278 Å². The monoisotopic (exact) mass is 1720 g/mol. The van der Waals surface area contributed by atoms with Gasteiger partial charge >= 0.3 is 0 Å². The highest BCUT2D eigenvalue weighted by Gasteiger charge is 2.24.